The van der Waals surface area contributed by atoms with Gasteiger partial charge >= 0.3 is 0 Å². The van der Waals surface area contributed by atoms with Crippen molar-refractivity contribution in [2.45, 2.75) is 36.3 Å². The molecule has 0 radical (unpaired) electrons. The Labute approximate surface area is 191 Å². The Morgan fingerprint density at radius 2 is 1.97 bits per heavy atom. The van der Waals surface area contributed by atoms with Crippen LogP contribution in [0, 0.1) is 11.3 Å². The van der Waals surface area contributed by atoms with Gasteiger partial charge in [0.1, 0.15) is 10.2 Å². The predicted molar refractivity (Wildman–Crippen MR) is 130 cm³/mol. The highest BCUT2D eigenvalue weighted by molar-refractivity contribution is 14.1. The van der Waals surface area contributed by atoms with Crippen LogP contribution >= 0.6 is 34.2 Å². The zero-order valence-electron chi connectivity index (χ0n) is 16.6. The Hall–Kier alpha value is -1.88. The van der Waals surface area contributed by atoms with Crippen molar-refractivity contribution < 1.29 is 5.11 Å². The van der Waals surface area contributed by atoms with Gasteiger partial charge in [-0.1, -0.05) is 61.0 Å². The van der Waals surface area contributed by atoms with E-state index in [9.17, 15) is 10.4 Å². The zero-order chi connectivity index (χ0) is 21.4. The molecule has 2 aromatic rings. The number of hydrogen-bond donors (Lipinski definition) is 2. The standard InChI is InChI=1S/C23H25ClIN3O/c1-4-18-20(13-11-17(14-26)21(18)24)28-22(23(25)29)15(2)10-12-19(27-3)16-8-6-5-7-9-16/h5-9,11,13,22-23,28-29H,2,4,10,12H2,1,3H3/b27-19+/t22-,23+/m0/s1. The lowest BCUT2D eigenvalue weighted by atomic mass is 9.98. The average Bonchev–Trinajstić information content (AvgIpc) is 2.73. The minimum absolute atomic E-state index is 0.348. The highest BCUT2D eigenvalue weighted by Crippen LogP contribution is 2.31. The normalized spacial score (nSPS) is 13.4. The molecule has 0 aliphatic carbocycles. The first kappa shape index (κ1) is 23.4. The van der Waals surface area contributed by atoms with Gasteiger partial charge in [-0.2, -0.15) is 5.26 Å². The highest BCUT2D eigenvalue weighted by atomic mass is 127. The Morgan fingerprint density at radius 3 is 2.52 bits per heavy atom. The summed E-state index contributed by atoms with van der Waals surface area (Å²) in [6, 6.07) is 15.4. The van der Waals surface area contributed by atoms with Gasteiger partial charge in [0.05, 0.1) is 16.6 Å². The van der Waals surface area contributed by atoms with Crippen LogP contribution in [-0.4, -0.2) is 28.0 Å². The molecule has 0 spiro atoms. The lowest BCUT2D eigenvalue weighted by Gasteiger charge is -2.26. The fourth-order valence-corrected chi connectivity index (χ4v) is 4.20. The van der Waals surface area contributed by atoms with E-state index in [1.165, 1.54) is 0 Å². The minimum Gasteiger partial charge on any atom is -0.380 e. The molecule has 0 heterocycles. The molecule has 2 rings (SSSR count). The van der Waals surface area contributed by atoms with Crippen LogP contribution in [0.1, 0.15) is 36.5 Å². The van der Waals surface area contributed by atoms with Crippen LogP contribution in [0.15, 0.2) is 59.6 Å². The number of nitriles is 1. The van der Waals surface area contributed by atoms with Gasteiger partial charge in [0.15, 0.2) is 0 Å². The van der Waals surface area contributed by atoms with Crippen molar-refractivity contribution in [1.29, 1.82) is 5.26 Å². The Kier molecular flexibility index (Phi) is 9.15. The first-order valence-corrected chi connectivity index (χ1v) is 11.0. The lowest BCUT2D eigenvalue weighted by Crippen LogP contribution is -2.32. The number of aliphatic hydroxyl groups excluding tert-OH is 1. The van der Waals surface area contributed by atoms with E-state index in [-0.39, 0.29) is 6.04 Å². The molecule has 0 saturated heterocycles. The van der Waals surface area contributed by atoms with Gasteiger partial charge in [0, 0.05) is 18.4 Å². The summed E-state index contributed by atoms with van der Waals surface area (Å²) in [5.41, 5.74) is 5.10. The summed E-state index contributed by atoms with van der Waals surface area (Å²) < 4.78 is -0.669. The number of halogens is 2. The largest absolute Gasteiger partial charge is 0.380 e. The SMILES string of the molecule is C=C(CC/C(=N\C)c1ccccc1)[C@H](Nc1ccc(C#N)c(Cl)c1CC)[C@@H](O)I. The number of anilines is 1. The third-order valence-electron chi connectivity index (χ3n) is 4.80. The molecular formula is C23H25ClIN3O. The van der Waals surface area contributed by atoms with E-state index in [0.29, 0.717) is 23.4 Å². The van der Waals surface area contributed by atoms with Gasteiger partial charge < -0.3 is 10.4 Å². The third-order valence-corrected chi connectivity index (χ3v) is 5.95. The van der Waals surface area contributed by atoms with Crippen LogP contribution in [0.2, 0.25) is 5.02 Å². The summed E-state index contributed by atoms with van der Waals surface area (Å²) >= 11 is 8.37. The Balaban J connectivity index is 2.17. The van der Waals surface area contributed by atoms with Crippen molar-refractivity contribution in [2.24, 2.45) is 4.99 Å². The van der Waals surface area contributed by atoms with Gasteiger partial charge in [0.2, 0.25) is 0 Å². The molecule has 0 saturated carbocycles. The number of hydrogen-bond acceptors (Lipinski definition) is 4. The molecule has 2 atom stereocenters. The highest BCUT2D eigenvalue weighted by Gasteiger charge is 2.22. The summed E-state index contributed by atoms with van der Waals surface area (Å²) in [6.07, 6.45) is 2.09. The monoisotopic (exact) mass is 521 g/mol. The number of rotatable bonds is 9. The van der Waals surface area contributed by atoms with Gasteiger partial charge in [-0.3, -0.25) is 4.99 Å². The topological polar surface area (TPSA) is 68.4 Å². The molecule has 6 heteroatoms. The number of aliphatic imine (C=N–C) groups is 1. The van der Waals surface area contributed by atoms with E-state index in [4.69, 9.17) is 11.6 Å². The smallest absolute Gasteiger partial charge is 0.129 e. The molecule has 4 nitrogen and oxygen atoms in total. The number of nitrogens with one attached hydrogen (secondary N) is 1. The minimum atomic E-state index is -0.669. The van der Waals surface area contributed by atoms with Crippen LogP contribution in [0.5, 0.6) is 0 Å². The van der Waals surface area contributed by atoms with E-state index in [0.717, 1.165) is 34.5 Å². The Bertz CT molecular complexity index is 920. The number of alkyl halides is 1. The molecule has 152 valence electrons. The first-order valence-electron chi connectivity index (χ1n) is 9.41. The van der Waals surface area contributed by atoms with Crippen LogP contribution in [-0.2, 0) is 6.42 Å². The molecule has 0 aliphatic rings. The van der Waals surface area contributed by atoms with Crippen molar-refractivity contribution in [3.63, 3.8) is 0 Å². The summed E-state index contributed by atoms with van der Waals surface area (Å²) in [5.74, 6) is 0. The van der Waals surface area contributed by atoms with E-state index >= 15 is 0 Å². The lowest BCUT2D eigenvalue weighted by molar-refractivity contribution is 0.266. The average molecular weight is 522 g/mol. The first-order chi connectivity index (χ1) is 13.9. The molecule has 0 aromatic heterocycles. The maximum Gasteiger partial charge on any atom is 0.129 e. The van der Waals surface area contributed by atoms with Crippen LogP contribution < -0.4 is 5.32 Å². The fraction of sp³-hybridized carbons (Fsp3) is 0.304. The number of benzene rings is 2. The maximum absolute atomic E-state index is 10.4. The fourth-order valence-electron chi connectivity index (χ4n) is 3.17. The molecule has 0 aliphatic heterocycles. The number of aliphatic hydroxyl groups is 1. The quantitative estimate of drug-likeness (QED) is 0.191. The third kappa shape index (κ3) is 6.05. The van der Waals surface area contributed by atoms with E-state index in [1.54, 1.807) is 13.1 Å². The molecule has 0 fully saturated rings. The molecule has 0 bridgehead atoms. The van der Waals surface area contributed by atoms with Crippen LogP contribution in [0.3, 0.4) is 0 Å². The van der Waals surface area contributed by atoms with Crippen LogP contribution in [0.25, 0.3) is 0 Å². The molecular weight excluding hydrogens is 497 g/mol. The van der Waals surface area contributed by atoms with Gasteiger partial charge in [0.25, 0.3) is 0 Å². The van der Waals surface area contributed by atoms with E-state index < -0.39 is 4.11 Å². The molecule has 2 aromatic carbocycles. The van der Waals surface area contributed by atoms with Crippen molar-refractivity contribution in [3.8, 4) is 6.07 Å². The van der Waals surface area contributed by atoms with E-state index in [2.05, 4.69) is 23.0 Å². The van der Waals surface area contributed by atoms with Crippen molar-refractivity contribution in [2.75, 3.05) is 12.4 Å². The molecule has 29 heavy (non-hydrogen) atoms. The Morgan fingerprint density at radius 1 is 1.28 bits per heavy atom. The number of nitrogens with zero attached hydrogens (tertiary/aromatic N) is 2. The summed E-state index contributed by atoms with van der Waals surface area (Å²) in [7, 11) is 1.79. The van der Waals surface area contributed by atoms with E-state index in [1.807, 2.05) is 65.9 Å². The van der Waals surface area contributed by atoms with Crippen molar-refractivity contribution in [1.82, 2.24) is 0 Å². The second-order valence-corrected chi connectivity index (χ2v) is 8.26. The molecule has 2 N–H and O–H groups in total. The predicted octanol–water partition coefficient (Wildman–Crippen LogP) is 5.76. The molecule has 0 amide bonds. The van der Waals surface area contributed by atoms with Crippen molar-refractivity contribution >= 4 is 45.6 Å². The molecule has 0 unspecified atom stereocenters. The maximum atomic E-state index is 10.4. The van der Waals surface area contributed by atoms with Crippen LogP contribution in [0.4, 0.5) is 5.69 Å². The van der Waals surface area contributed by atoms with Gasteiger partial charge in [-0.25, -0.2) is 0 Å². The summed E-state index contributed by atoms with van der Waals surface area (Å²) in [4.78, 5) is 4.42. The zero-order valence-corrected chi connectivity index (χ0v) is 19.5. The van der Waals surface area contributed by atoms with Gasteiger partial charge in [-0.05, 0) is 65.1 Å². The summed E-state index contributed by atoms with van der Waals surface area (Å²) in [5, 5.41) is 23.4. The van der Waals surface area contributed by atoms with Crippen molar-refractivity contribution in [3.05, 3.63) is 76.3 Å². The second-order valence-electron chi connectivity index (χ2n) is 6.61. The summed E-state index contributed by atoms with van der Waals surface area (Å²) in [6.45, 7) is 6.20. The second kappa shape index (κ2) is 11.3. The van der Waals surface area contributed by atoms with Gasteiger partial charge in [-0.15, -0.1) is 0 Å².